The Bertz CT molecular complexity index is 1200. The van der Waals surface area contributed by atoms with Crippen molar-refractivity contribution in [1.29, 1.82) is 0 Å². The van der Waals surface area contributed by atoms with Crippen molar-refractivity contribution in [2.45, 2.75) is 44.8 Å². The first-order valence-corrected chi connectivity index (χ1v) is 11.4. The molecule has 0 aliphatic carbocycles. The fourth-order valence-corrected chi connectivity index (χ4v) is 5.29. The van der Waals surface area contributed by atoms with E-state index in [1.807, 2.05) is 86.3 Å². The molecule has 2 aliphatic heterocycles. The third-order valence-electron chi connectivity index (χ3n) is 6.57. The lowest BCUT2D eigenvalue weighted by molar-refractivity contribution is -0.124. The molecule has 1 spiro atoms. The molecule has 2 heterocycles. The number of fused-ring (bicyclic) bond motifs is 4. The third kappa shape index (κ3) is 3.43. The van der Waals surface area contributed by atoms with Gasteiger partial charge in [-0.1, -0.05) is 36.4 Å². The van der Waals surface area contributed by atoms with Crippen LogP contribution < -0.4 is 19.1 Å². The summed E-state index contributed by atoms with van der Waals surface area (Å²) in [6.07, 6.45) is 0.565. The number of anilines is 1. The number of amides is 1. The van der Waals surface area contributed by atoms with Gasteiger partial charge in [-0.15, -0.1) is 0 Å². The van der Waals surface area contributed by atoms with Gasteiger partial charge >= 0.3 is 0 Å². The Morgan fingerprint density at radius 2 is 1.70 bits per heavy atom. The number of ether oxygens (including phenoxy) is 3. The van der Waals surface area contributed by atoms with Crippen molar-refractivity contribution < 1.29 is 19.0 Å². The molecule has 2 aliphatic rings. The van der Waals surface area contributed by atoms with Crippen LogP contribution in [0.2, 0.25) is 0 Å². The maximum absolute atomic E-state index is 14.3. The molecular weight excluding hydrogens is 414 g/mol. The lowest BCUT2D eigenvalue weighted by Gasteiger charge is -2.43. The largest absolute Gasteiger partial charge is 0.497 e. The quantitative estimate of drug-likeness (QED) is 0.523. The Kier molecular flexibility index (Phi) is 5.08. The van der Waals surface area contributed by atoms with Gasteiger partial charge in [0.05, 0.1) is 20.3 Å². The Morgan fingerprint density at radius 3 is 2.42 bits per heavy atom. The van der Waals surface area contributed by atoms with Crippen molar-refractivity contribution >= 4 is 11.6 Å². The minimum atomic E-state index is -0.801. The van der Waals surface area contributed by atoms with Crippen LogP contribution in [0.1, 0.15) is 43.9 Å². The highest BCUT2D eigenvalue weighted by Gasteiger charge is 2.58. The molecule has 1 amide bonds. The van der Waals surface area contributed by atoms with E-state index < -0.39 is 11.0 Å². The molecule has 0 N–H and O–H groups in total. The van der Waals surface area contributed by atoms with Gasteiger partial charge in [-0.25, -0.2) is 0 Å². The summed E-state index contributed by atoms with van der Waals surface area (Å²) in [4.78, 5) is 16.3. The van der Waals surface area contributed by atoms with Crippen molar-refractivity contribution in [2.75, 3.05) is 18.6 Å². The first-order valence-electron chi connectivity index (χ1n) is 11.4. The van der Waals surface area contributed by atoms with Crippen LogP contribution >= 0.6 is 0 Å². The van der Waals surface area contributed by atoms with Gasteiger partial charge < -0.3 is 19.1 Å². The maximum Gasteiger partial charge on any atom is 0.242 e. The van der Waals surface area contributed by atoms with Gasteiger partial charge in [-0.3, -0.25) is 4.79 Å². The second-order valence-corrected chi connectivity index (χ2v) is 9.29. The van der Waals surface area contributed by atoms with Crippen LogP contribution in [0, 0.1) is 0 Å². The number of rotatable bonds is 5. The highest BCUT2D eigenvalue weighted by atomic mass is 16.5. The zero-order valence-electron chi connectivity index (χ0n) is 19.6. The molecule has 170 valence electrons. The fraction of sp³-hybridized carbons (Fsp3) is 0.321. The van der Waals surface area contributed by atoms with Gasteiger partial charge in [-0.05, 0) is 56.2 Å². The highest BCUT2D eigenvalue weighted by molar-refractivity contribution is 6.11. The van der Waals surface area contributed by atoms with Gasteiger partial charge in [0.25, 0.3) is 0 Å². The summed E-state index contributed by atoms with van der Waals surface area (Å²) in [6.45, 7) is 7.12. The van der Waals surface area contributed by atoms with Crippen LogP contribution in [-0.2, 0) is 16.8 Å². The van der Waals surface area contributed by atoms with Crippen LogP contribution in [0.15, 0.2) is 66.7 Å². The minimum absolute atomic E-state index is 0.0845. The average Bonchev–Trinajstić information content (AvgIpc) is 3.02. The molecule has 0 aromatic heterocycles. The highest BCUT2D eigenvalue weighted by Crippen LogP contribution is 2.56. The van der Waals surface area contributed by atoms with E-state index in [4.69, 9.17) is 14.2 Å². The first-order chi connectivity index (χ1) is 15.9. The third-order valence-corrected chi connectivity index (χ3v) is 6.57. The number of para-hydroxylation sites is 1. The maximum atomic E-state index is 14.3. The van der Waals surface area contributed by atoms with Crippen molar-refractivity contribution in [3.05, 3.63) is 83.4 Å². The van der Waals surface area contributed by atoms with E-state index in [1.165, 1.54) is 0 Å². The fourth-order valence-electron chi connectivity index (χ4n) is 5.29. The van der Waals surface area contributed by atoms with Gasteiger partial charge in [0.2, 0.25) is 5.91 Å². The number of nitrogens with zero attached hydrogens (tertiary/aromatic N) is 1. The molecule has 0 saturated heterocycles. The Hall–Kier alpha value is -3.47. The van der Waals surface area contributed by atoms with E-state index in [9.17, 15) is 4.79 Å². The molecule has 33 heavy (non-hydrogen) atoms. The molecular formula is C28H29NO4. The molecule has 0 bridgehead atoms. The summed E-state index contributed by atoms with van der Waals surface area (Å²) in [7, 11) is 1.65. The average molecular weight is 444 g/mol. The SMILES string of the molecule is CCOc1ccc2c(c1)OC(C)(C)CC21C(=O)N(Cc2ccc(OC)cc2)c2ccccc21. The number of carbonyl (C=O) groups excluding carboxylic acids is 1. The molecule has 0 fully saturated rings. The minimum Gasteiger partial charge on any atom is -0.497 e. The number of carbonyl (C=O) groups is 1. The van der Waals surface area contributed by atoms with E-state index in [1.54, 1.807) is 7.11 Å². The Labute approximate surface area is 194 Å². The first kappa shape index (κ1) is 21.4. The van der Waals surface area contributed by atoms with Crippen molar-refractivity contribution in [2.24, 2.45) is 0 Å². The molecule has 1 unspecified atom stereocenters. The van der Waals surface area contributed by atoms with Gasteiger partial charge in [0, 0.05) is 23.7 Å². The number of benzene rings is 3. The van der Waals surface area contributed by atoms with E-state index in [-0.39, 0.29) is 5.91 Å². The predicted octanol–water partition coefficient (Wildman–Crippen LogP) is 5.49. The smallest absolute Gasteiger partial charge is 0.242 e. The normalized spacial score (nSPS) is 20.2. The summed E-state index contributed by atoms with van der Waals surface area (Å²) in [5.41, 5.74) is 2.62. The summed E-state index contributed by atoms with van der Waals surface area (Å²) in [5, 5.41) is 0. The van der Waals surface area contributed by atoms with Gasteiger partial charge in [0.15, 0.2) is 0 Å². The standard InChI is InChI=1S/C28H29NO4/c1-5-32-21-14-15-23-25(16-21)33-27(2,3)18-28(23)22-8-6-7-9-24(22)29(26(28)30)17-19-10-12-20(31-4)13-11-19/h6-16H,5,17-18H2,1-4H3. The lowest BCUT2D eigenvalue weighted by atomic mass is 9.67. The molecule has 3 aromatic rings. The van der Waals surface area contributed by atoms with Gasteiger partial charge in [0.1, 0.15) is 28.3 Å². The monoisotopic (exact) mass is 443 g/mol. The molecule has 5 heteroatoms. The Balaban J connectivity index is 1.64. The van der Waals surface area contributed by atoms with Crippen LogP contribution in [0.25, 0.3) is 0 Å². The van der Waals surface area contributed by atoms with Crippen molar-refractivity contribution in [3.8, 4) is 17.2 Å². The second-order valence-electron chi connectivity index (χ2n) is 9.29. The number of hydrogen-bond donors (Lipinski definition) is 0. The van der Waals surface area contributed by atoms with E-state index in [0.29, 0.717) is 25.3 Å². The summed E-state index contributed by atoms with van der Waals surface area (Å²) < 4.78 is 17.4. The summed E-state index contributed by atoms with van der Waals surface area (Å²) in [5.74, 6) is 2.35. The summed E-state index contributed by atoms with van der Waals surface area (Å²) in [6, 6.07) is 21.9. The molecule has 1 atom stereocenters. The zero-order valence-corrected chi connectivity index (χ0v) is 19.6. The summed E-state index contributed by atoms with van der Waals surface area (Å²) >= 11 is 0. The van der Waals surface area contributed by atoms with Crippen LogP contribution in [-0.4, -0.2) is 25.2 Å². The number of hydrogen-bond acceptors (Lipinski definition) is 4. The van der Waals surface area contributed by atoms with Crippen LogP contribution in [0.5, 0.6) is 17.2 Å². The molecule has 0 saturated carbocycles. The Morgan fingerprint density at radius 1 is 0.970 bits per heavy atom. The topological polar surface area (TPSA) is 48.0 Å². The van der Waals surface area contributed by atoms with Crippen LogP contribution in [0.4, 0.5) is 5.69 Å². The van der Waals surface area contributed by atoms with Crippen LogP contribution in [0.3, 0.4) is 0 Å². The molecule has 0 radical (unpaired) electrons. The van der Waals surface area contributed by atoms with E-state index in [2.05, 4.69) is 6.07 Å². The zero-order chi connectivity index (χ0) is 23.2. The molecule has 5 rings (SSSR count). The van der Waals surface area contributed by atoms with E-state index >= 15 is 0 Å². The molecule has 3 aromatic carbocycles. The van der Waals surface area contributed by atoms with E-state index in [0.717, 1.165) is 33.9 Å². The van der Waals surface area contributed by atoms with Gasteiger partial charge in [-0.2, -0.15) is 0 Å². The van der Waals surface area contributed by atoms with Crippen molar-refractivity contribution in [1.82, 2.24) is 0 Å². The predicted molar refractivity (Wildman–Crippen MR) is 128 cm³/mol. The lowest BCUT2D eigenvalue weighted by Crippen LogP contribution is -2.50. The number of methoxy groups -OCH3 is 1. The van der Waals surface area contributed by atoms with Crippen molar-refractivity contribution in [3.63, 3.8) is 0 Å². The molecule has 5 nitrogen and oxygen atoms in total. The second kappa shape index (κ2) is 7.84.